The average Bonchev–Trinajstić information content (AvgIpc) is 2.68. The SMILES string of the molecule is CCOC(=O)c1ccc(NC(=O)C(C)Oc2ccc3ccccc3c2)cc1. The molecule has 138 valence electrons. The number of carbonyl (C=O) groups is 2. The van der Waals surface area contributed by atoms with Crippen LogP contribution in [0.15, 0.2) is 66.7 Å². The van der Waals surface area contributed by atoms with Crippen molar-refractivity contribution < 1.29 is 19.1 Å². The second kappa shape index (κ2) is 8.36. The minimum atomic E-state index is -0.670. The molecule has 0 heterocycles. The summed E-state index contributed by atoms with van der Waals surface area (Å²) in [7, 11) is 0. The van der Waals surface area contributed by atoms with E-state index in [1.54, 1.807) is 38.1 Å². The maximum Gasteiger partial charge on any atom is 0.338 e. The molecule has 3 rings (SSSR count). The number of rotatable bonds is 6. The first-order chi connectivity index (χ1) is 13.1. The third-order valence-electron chi connectivity index (χ3n) is 4.07. The molecule has 1 N–H and O–H groups in total. The average molecular weight is 363 g/mol. The maximum atomic E-state index is 12.4. The van der Waals surface area contributed by atoms with E-state index < -0.39 is 6.10 Å². The van der Waals surface area contributed by atoms with Gasteiger partial charge >= 0.3 is 5.97 Å². The Labute approximate surface area is 157 Å². The van der Waals surface area contributed by atoms with Gasteiger partial charge in [-0.2, -0.15) is 0 Å². The van der Waals surface area contributed by atoms with Crippen molar-refractivity contribution in [3.63, 3.8) is 0 Å². The van der Waals surface area contributed by atoms with Crippen LogP contribution in [0.4, 0.5) is 5.69 Å². The zero-order valence-electron chi connectivity index (χ0n) is 15.3. The summed E-state index contributed by atoms with van der Waals surface area (Å²) in [5.41, 5.74) is 1.03. The molecule has 0 aliphatic heterocycles. The molecular formula is C22H21NO4. The van der Waals surface area contributed by atoms with E-state index >= 15 is 0 Å². The van der Waals surface area contributed by atoms with Gasteiger partial charge in [-0.25, -0.2) is 4.79 Å². The van der Waals surface area contributed by atoms with Gasteiger partial charge in [0.2, 0.25) is 0 Å². The highest BCUT2D eigenvalue weighted by atomic mass is 16.5. The van der Waals surface area contributed by atoms with Gasteiger partial charge < -0.3 is 14.8 Å². The summed E-state index contributed by atoms with van der Waals surface area (Å²) in [6, 6.07) is 20.2. The van der Waals surface area contributed by atoms with Crippen molar-refractivity contribution in [3.8, 4) is 5.75 Å². The van der Waals surface area contributed by atoms with E-state index in [1.807, 2.05) is 42.5 Å². The number of fused-ring (bicyclic) bond motifs is 1. The number of carbonyl (C=O) groups excluding carboxylic acids is 2. The first-order valence-corrected chi connectivity index (χ1v) is 8.80. The molecule has 0 aliphatic rings. The summed E-state index contributed by atoms with van der Waals surface area (Å²) >= 11 is 0. The van der Waals surface area contributed by atoms with Crippen LogP contribution in [0.25, 0.3) is 10.8 Å². The first-order valence-electron chi connectivity index (χ1n) is 8.80. The van der Waals surface area contributed by atoms with Gasteiger partial charge in [-0.3, -0.25) is 4.79 Å². The normalized spacial score (nSPS) is 11.6. The molecule has 3 aromatic rings. The zero-order chi connectivity index (χ0) is 19.2. The van der Waals surface area contributed by atoms with E-state index in [1.165, 1.54) is 0 Å². The summed E-state index contributed by atoms with van der Waals surface area (Å²) < 4.78 is 10.7. The fourth-order valence-corrected chi connectivity index (χ4v) is 2.65. The molecule has 0 spiro atoms. The topological polar surface area (TPSA) is 64.6 Å². The van der Waals surface area contributed by atoms with E-state index in [9.17, 15) is 9.59 Å². The van der Waals surface area contributed by atoms with E-state index in [0.29, 0.717) is 23.6 Å². The Morgan fingerprint density at radius 3 is 2.37 bits per heavy atom. The Hall–Kier alpha value is -3.34. The monoisotopic (exact) mass is 363 g/mol. The fraction of sp³-hybridized carbons (Fsp3) is 0.182. The van der Waals surface area contributed by atoms with Gasteiger partial charge in [0.1, 0.15) is 5.75 Å². The Morgan fingerprint density at radius 2 is 1.67 bits per heavy atom. The third-order valence-corrected chi connectivity index (χ3v) is 4.07. The van der Waals surface area contributed by atoms with Crippen molar-refractivity contribution in [1.29, 1.82) is 0 Å². The highest BCUT2D eigenvalue weighted by Gasteiger charge is 2.15. The van der Waals surface area contributed by atoms with Crippen LogP contribution in [-0.2, 0) is 9.53 Å². The van der Waals surface area contributed by atoms with E-state index in [0.717, 1.165) is 10.8 Å². The molecule has 0 radical (unpaired) electrons. The van der Waals surface area contributed by atoms with Gasteiger partial charge in [-0.05, 0) is 61.0 Å². The second-order valence-electron chi connectivity index (χ2n) is 6.06. The molecule has 0 aliphatic carbocycles. The molecular weight excluding hydrogens is 342 g/mol. The Balaban J connectivity index is 1.62. The van der Waals surface area contributed by atoms with Gasteiger partial charge in [-0.15, -0.1) is 0 Å². The number of anilines is 1. The van der Waals surface area contributed by atoms with Crippen molar-refractivity contribution in [2.45, 2.75) is 20.0 Å². The van der Waals surface area contributed by atoms with Gasteiger partial charge in [0, 0.05) is 5.69 Å². The number of ether oxygens (including phenoxy) is 2. The van der Waals surface area contributed by atoms with Gasteiger partial charge in [0.05, 0.1) is 12.2 Å². The highest BCUT2D eigenvalue weighted by molar-refractivity contribution is 5.95. The molecule has 1 unspecified atom stereocenters. The summed E-state index contributed by atoms with van der Waals surface area (Å²) in [6.45, 7) is 3.77. The fourth-order valence-electron chi connectivity index (χ4n) is 2.65. The molecule has 0 bridgehead atoms. The minimum Gasteiger partial charge on any atom is -0.481 e. The summed E-state index contributed by atoms with van der Waals surface area (Å²) in [6.07, 6.45) is -0.670. The lowest BCUT2D eigenvalue weighted by molar-refractivity contribution is -0.122. The molecule has 0 fully saturated rings. The molecule has 5 heteroatoms. The Bertz CT molecular complexity index is 950. The third kappa shape index (κ3) is 4.64. The summed E-state index contributed by atoms with van der Waals surface area (Å²) in [4.78, 5) is 24.0. The number of hydrogen-bond acceptors (Lipinski definition) is 4. The Kier molecular flexibility index (Phi) is 5.71. The summed E-state index contributed by atoms with van der Waals surface area (Å²) in [5, 5.41) is 4.95. The van der Waals surface area contributed by atoms with Crippen molar-refractivity contribution in [2.24, 2.45) is 0 Å². The van der Waals surface area contributed by atoms with Gasteiger partial charge in [-0.1, -0.05) is 30.3 Å². The van der Waals surface area contributed by atoms with Gasteiger partial charge in [0.25, 0.3) is 5.91 Å². The molecule has 0 aromatic heterocycles. The molecule has 0 saturated heterocycles. The van der Waals surface area contributed by atoms with Crippen LogP contribution >= 0.6 is 0 Å². The quantitative estimate of drug-likeness (QED) is 0.658. The summed E-state index contributed by atoms with van der Waals surface area (Å²) in [5.74, 6) is -0.0237. The van der Waals surface area contributed by atoms with Crippen molar-refractivity contribution in [1.82, 2.24) is 0 Å². The zero-order valence-corrected chi connectivity index (χ0v) is 15.3. The molecule has 1 atom stereocenters. The van der Waals surface area contributed by atoms with Crippen LogP contribution in [0.5, 0.6) is 5.75 Å². The smallest absolute Gasteiger partial charge is 0.338 e. The molecule has 27 heavy (non-hydrogen) atoms. The van der Waals surface area contributed by atoms with Crippen LogP contribution in [0.1, 0.15) is 24.2 Å². The predicted octanol–water partition coefficient (Wildman–Crippen LogP) is 4.42. The van der Waals surface area contributed by atoms with Crippen LogP contribution in [-0.4, -0.2) is 24.6 Å². The van der Waals surface area contributed by atoms with E-state index in [2.05, 4.69) is 5.32 Å². The number of esters is 1. The van der Waals surface area contributed by atoms with Crippen LogP contribution in [0.3, 0.4) is 0 Å². The second-order valence-corrected chi connectivity index (χ2v) is 6.06. The minimum absolute atomic E-state index is 0.271. The highest BCUT2D eigenvalue weighted by Crippen LogP contribution is 2.21. The van der Waals surface area contributed by atoms with Crippen LogP contribution < -0.4 is 10.1 Å². The van der Waals surface area contributed by atoms with E-state index in [-0.39, 0.29) is 11.9 Å². The molecule has 5 nitrogen and oxygen atoms in total. The van der Waals surface area contributed by atoms with Gasteiger partial charge in [0.15, 0.2) is 6.10 Å². The standard InChI is InChI=1S/C22H21NO4/c1-3-26-22(25)17-8-11-19(12-9-17)23-21(24)15(2)27-20-13-10-16-6-4-5-7-18(16)14-20/h4-15H,3H2,1-2H3,(H,23,24). The number of amides is 1. The van der Waals surface area contributed by atoms with Crippen LogP contribution in [0.2, 0.25) is 0 Å². The Morgan fingerprint density at radius 1 is 0.963 bits per heavy atom. The molecule has 0 saturated carbocycles. The number of nitrogens with one attached hydrogen (secondary N) is 1. The number of hydrogen-bond donors (Lipinski definition) is 1. The lowest BCUT2D eigenvalue weighted by Crippen LogP contribution is -2.30. The predicted molar refractivity (Wildman–Crippen MR) is 105 cm³/mol. The molecule has 1 amide bonds. The lowest BCUT2D eigenvalue weighted by atomic mass is 10.1. The van der Waals surface area contributed by atoms with E-state index in [4.69, 9.17) is 9.47 Å². The first kappa shape index (κ1) is 18.5. The lowest BCUT2D eigenvalue weighted by Gasteiger charge is -2.15. The number of benzene rings is 3. The molecule has 3 aromatic carbocycles. The van der Waals surface area contributed by atoms with Crippen molar-refractivity contribution in [3.05, 3.63) is 72.3 Å². The largest absolute Gasteiger partial charge is 0.481 e. The van der Waals surface area contributed by atoms with Crippen molar-refractivity contribution in [2.75, 3.05) is 11.9 Å². The maximum absolute atomic E-state index is 12.4. The van der Waals surface area contributed by atoms with Crippen LogP contribution in [0, 0.1) is 0 Å². The van der Waals surface area contributed by atoms with Crippen molar-refractivity contribution >= 4 is 28.3 Å².